The van der Waals surface area contributed by atoms with Crippen LogP contribution in [0.1, 0.15) is 55.9 Å². The zero-order chi connectivity index (χ0) is 23.7. The standard InChI is InChI=1S/C26H35ClN2O2S/c1-6-20(5)28-26(31)24(7-2)29(15-22-10-8-9-11-23(22)27)25(30)17-32-16-21-13-18(3)12-19(4)14-21/h8-14,20,24H,6-7,15-17H2,1-5H3,(H,28,31). The number of halogens is 1. The maximum absolute atomic E-state index is 13.3. The molecule has 0 fully saturated rings. The lowest BCUT2D eigenvalue weighted by Gasteiger charge is -2.31. The first-order valence-electron chi connectivity index (χ1n) is 11.2. The van der Waals surface area contributed by atoms with Gasteiger partial charge >= 0.3 is 0 Å². The summed E-state index contributed by atoms with van der Waals surface area (Å²) in [5.41, 5.74) is 4.50. The van der Waals surface area contributed by atoms with Crippen LogP contribution in [0, 0.1) is 13.8 Å². The van der Waals surface area contributed by atoms with Gasteiger partial charge in [-0.1, -0.05) is 73.0 Å². The molecule has 0 aliphatic carbocycles. The number of nitrogens with one attached hydrogen (secondary N) is 1. The lowest BCUT2D eigenvalue weighted by Crippen LogP contribution is -2.51. The van der Waals surface area contributed by atoms with Crippen molar-refractivity contribution in [1.82, 2.24) is 10.2 Å². The van der Waals surface area contributed by atoms with Gasteiger partial charge in [0.1, 0.15) is 6.04 Å². The highest BCUT2D eigenvalue weighted by molar-refractivity contribution is 7.99. The van der Waals surface area contributed by atoms with Crippen molar-refractivity contribution in [3.05, 3.63) is 69.7 Å². The van der Waals surface area contributed by atoms with Crippen LogP contribution in [0.25, 0.3) is 0 Å². The number of carbonyl (C=O) groups excluding carboxylic acids is 2. The summed E-state index contributed by atoms with van der Waals surface area (Å²) in [7, 11) is 0. The number of carbonyl (C=O) groups is 2. The van der Waals surface area contributed by atoms with Crippen molar-refractivity contribution in [2.45, 2.75) is 71.8 Å². The van der Waals surface area contributed by atoms with Gasteiger partial charge in [0.15, 0.2) is 0 Å². The first-order valence-corrected chi connectivity index (χ1v) is 12.8. The molecular weight excluding hydrogens is 440 g/mol. The third-order valence-electron chi connectivity index (χ3n) is 5.46. The lowest BCUT2D eigenvalue weighted by atomic mass is 10.1. The van der Waals surface area contributed by atoms with Crippen LogP contribution >= 0.6 is 23.4 Å². The molecule has 174 valence electrons. The second-order valence-corrected chi connectivity index (χ2v) is 9.74. The summed E-state index contributed by atoms with van der Waals surface area (Å²) < 4.78 is 0. The van der Waals surface area contributed by atoms with E-state index in [2.05, 4.69) is 37.4 Å². The number of rotatable bonds is 11. The Balaban J connectivity index is 2.17. The Morgan fingerprint density at radius 1 is 1.06 bits per heavy atom. The zero-order valence-corrected chi connectivity index (χ0v) is 21.4. The maximum Gasteiger partial charge on any atom is 0.243 e. The van der Waals surface area contributed by atoms with E-state index in [0.29, 0.717) is 23.7 Å². The second kappa shape index (κ2) is 12.9. The normalized spacial score (nSPS) is 12.8. The largest absolute Gasteiger partial charge is 0.352 e. The Morgan fingerprint density at radius 2 is 1.72 bits per heavy atom. The molecule has 0 heterocycles. The van der Waals surface area contributed by atoms with E-state index in [-0.39, 0.29) is 17.9 Å². The molecule has 6 heteroatoms. The summed E-state index contributed by atoms with van der Waals surface area (Å²) in [6.07, 6.45) is 1.38. The molecule has 0 aromatic heterocycles. The topological polar surface area (TPSA) is 49.4 Å². The molecule has 0 bridgehead atoms. The second-order valence-electron chi connectivity index (χ2n) is 8.34. The van der Waals surface area contributed by atoms with Crippen molar-refractivity contribution in [1.29, 1.82) is 0 Å². The predicted molar refractivity (Wildman–Crippen MR) is 136 cm³/mol. The van der Waals surface area contributed by atoms with Crippen LogP contribution in [0.2, 0.25) is 5.02 Å². The van der Waals surface area contributed by atoms with Gasteiger partial charge in [0, 0.05) is 23.4 Å². The van der Waals surface area contributed by atoms with Crippen LogP contribution in [0.3, 0.4) is 0 Å². The SMILES string of the molecule is CCC(C)NC(=O)C(CC)N(Cc1ccccc1Cl)C(=O)CSCc1cc(C)cc(C)c1. The molecule has 2 atom stereocenters. The van der Waals surface area contributed by atoms with Crippen LogP contribution in [0.5, 0.6) is 0 Å². The molecule has 2 unspecified atom stereocenters. The molecule has 2 amide bonds. The van der Waals surface area contributed by atoms with Crippen LogP contribution in [-0.2, 0) is 21.9 Å². The van der Waals surface area contributed by atoms with Gasteiger partial charge in [-0.2, -0.15) is 0 Å². The summed E-state index contributed by atoms with van der Waals surface area (Å²) in [5.74, 6) is 0.904. The van der Waals surface area contributed by atoms with Gasteiger partial charge in [0.2, 0.25) is 11.8 Å². The average Bonchev–Trinajstić information content (AvgIpc) is 2.74. The monoisotopic (exact) mass is 474 g/mol. The molecule has 0 aliphatic heterocycles. The Kier molecular flexibility index (Phi) is 10.6. The highest BCUT2D eigenvalue weighted by Crippen LogP contribution is 2.22. The molecular formula is C26H35ClN2O2S. The van der Waals surface area contributed by atoms with Crippen LogP contribution in [-0.4, -0.2) is 34.6 Å². The van der Waals surface area contributed by atoms with Crippen LogP contribution in [0.4, 0.5) is 0 Å². The third-order valence-corrected chi connectivity index (χ3v) is 6.82. The van der Waals surface area contributed by atoms with E-state index in [1.165, 1.54) is 16.7 Å². The average molecular weight is 475 g/mol. The van der Waals surface area contributed by atoms with Gasteiger partial charge in [0.25, 0.3) is 0 Å². The highest BCUT2D eigenvalue weighted by Gasteiger charge is 2.29. The fourth-order valence-electron chi connectivity index (χ4n) is 3.66. The molecule has 2 aromatic carbocycles. The van der Waals surface area contributed by atoms with Crippen LogP contribution in [0.15, 0.2) is 42.5 Å². The van der Waals surface area contributed by atoms with E-state index < -0.39 is 6.04 Å². The van der Waals surface area contributed by atoms with Crippen LogP contribution < -0.4 is 5.32 Å². The van der Waals surface area contributed by atoms with Gasteiger partial charge in [-0.15, -0.1) is 11.8 Å². The van der Waals surface area contributed by atoms with Gasteiger partial charge in [0.05, 0.1) is 5.75 Å². The third kappa shape index (κ3) is 7.86. The van der Waals surface area contributed by atoms with Crippen molar-refractivity contribution in [3.8, 4) is 0 Å². The summed E-state index contributed by atoms with van der Waals surface area (Å²) >= 11 is 7.95. The van der Waals surface area contributed by atoms with E-state index in [9.17, 15) is 9.59 Å². The number of hydrogen-bond acceptors (Lipinski definition) is 3. The number of benzene rings is 2. The maximum atomic E-state index is 13.3. The molecule has 0 spiro atoms. The predicted octanol–water partition coefficient (Wildman–Crippen LogP) is 5.91. The van der Waals surface area contributed by atoms with Gasteiger partial charge in [-0.3, -0.25) is 9.59 Å². The summed E-state index contributed by atoms with van der Waals surface area (Å²) in [6, 6.07) is 13.5. The van der Waals surface area contributed by atoms with Crippen molar-refractivity contribution < 1.29 is 9.59 Å². The summed E-state index contributed by atoms with van der Waals surface area (Å²) in [6.45, 7) is 10.4. The number of nitrogens with zero attached hydrogens (tertiary/aromatic N) is 1. The minimum Gasteiger partial charge on any atom is -0.352 e. The van der Waals surface area contributed by atoms with E-state index in [1.807, 2.05) is 45.0 Å². The molecule has 2 rings (SSSR count). The molecule has 0 saturated heterocycles. The number of amides is 2. The molecule has 2 aromatic rings. The first-order chi connectivity index (χ1) is 15.2. The summed E-state index contributed by atoms with van der Waals surface area (Å²) in [5, 5.41) is 3.64. The highest BCUT2D eigenvalue weighted by atomic mass is 35.5. The Morgan fingerprint density at radius 3 is 2.31 bits per heavy atom. The Labute approximate surface area is 202 Å². The Hall–Kier alpha value is -1.98. The van der Waals surface area contributed by atoms with Gasteiger partial charge in [-0.25, -0.2) is 0 Å². The minimum absolute atomic E-state index is 0.0505. The molecule has 4 nitrogen and oxygen atoms in total. The molecule has 0 radical (unpaired) electrons. The fourth-order valence-corrected chi connectivity index (χ4v) is 4.70. The first kappa shape index (κ1) is 26.3. The van der Waals surface area contributed by atoms with E-state index in [1.54, 1.807) is 16.7 Å². The molecule has 0 aliphatic rings. The quantitative estimate of drug-likeness (QED) is 0.440. The Bertz CT molecular complexity index is 898. The van der Waals surface area contributed by atoms with Crippen molar-refractivity contribution in [2.75, 3.05) is 5.75 Å². The van der Waals surface area contributed by atoms with Gasteiger partial charge in [-0.05, 0) is 50.8 Å². The minimum atomic E-state index is -0.533. The van der Waals surface area contributed by atoms with E-state index >= 15 is 0 Å². The number of aryl methyl sites for hydroxylation is 2. The smallest absolute Gasteiger partial charge is 0.243 e. The van der Waals surface area contributed by atoms with Crippen molar-refractivity contribution in [3.63, 3.8) is 0 Å². The molecule has 0 saturated carbocycles. The number of thioether (sulfide) groups is 1. The van der Waals surface area contributed by atoms with E-state index in [0.717, 1.165) is 17.7 Å². The molecule has 32 heavy (non-hydrogen) atoms. The molecule has 1 N–H and O–H groups in total. The van der Waals surface area contributed by atoms with E-state index in [4.69, 9.17) is 11.6 Å². The van der Waals surface area contributed by atoms with Crippen molar-refractivity contribution in [2.24, 2.45) is 0 Å². The van der Waals surface area contributed by atoms with Gasteiger partial charge < -0.3 is 10.2 Å². The fraction of sp³-hybridized carbons (Fsp3) is 0.462. The zero-order valence-electron chi connectivity index (χ0n) is 19.8. The number of hydrogen-bond donors (Lipinski definition) is 1. The van der Waals surface area contributed by atoms with Crippen molar-refractivity contribution >= 4 is 35.2 Å². The lowest BCUT2D eigenvalue weighted by molar-refractivity contribution is -0.139. The summed E-state index contributed by atoms with van der Waals surface area (Å²) in [4.78, 5) is 28.0.